The number of aliphatic hydroxyl groups excluding tert-OH is 2. The van der Waals surface area contributed by atoms with E-state index in [-0.39, 0.29) is 0 Å². The van der Waals surface area contributed by atoms with Crippen molar-refractivity contribution in [2.75, 3.05) is 13.2 Å². The average Bonchev–Trinajstić information content (AvgIpc) is 2.93. The maximum Gasteiger partial charge on any atom is 0.0431 e. The monoisotopic (exact) mass is 531 g/mol. The van der Waals surface area contributed by atoms with E-state index < -0.39 is 0 Å². The molecule has 0 radical (unpaired) electrons. The van der Waals surface area contributed by atoms with Crippen molar-refractivity contribution >= 4 is 0 Å². The molecule has 0 fully saturated rings. The van der Waals surface area contributed by atoms with E-state index in [1.165, 1.54) is 154 Å². The van der Waals surface area contributed by atoms with Crippen LogP contribution in [0.1, 0.15) is 177 Å². The van der Waals surface area contributed by atoms with Gasteiger partial charge in [-0.05, 0) is 86.5 Å². The maximum absolute atomic E-state index is 9.06. The van der Waals surface area contributed by atoms with Crippen LogP contribution in [0.15, 0.2) is 12.1 Å². The second-order valence-corrected chi connectivity index (χ2v) is 11.9. The highest BCUT2D eigenvalue weighted by Gasteiger charge is 2.14. The molecule has 2 heteroatoms. The zero-order valence-electron chi connectivity index (χ0n) is 25.8. The van der Waals surface area contributed by atoms with E-state index in [0.717, 1.165) is 12.8 Å². The molecule has 0 heterocycles. The summed E-state index contributed by atoms with van der Waals surface area (Å²) in [7, 11) is 0. The third-order valence-corrected chi connectivity index (χ3v) is 8.39. The van der Waals surface area contributed by atoms with Gasteiger partial charge in [0.2, 0.25) is 0 Å². The Morgan fingerprint density at radius 1 is 0.368 bits per heavy atom. The minimum atomic E-state index is 0.344. The molecule has 1 aromatic carbocycles. The summed E-state index contributed by atoms with van der Waals surface area (Å²) in [6.07, 6.45) is 33.4. The minimum absolute atomic E-state index is 0.344. The third-order valence-electron chi connectivity index (χ3n) is 8.39. The van der Waals surface area contributed by atoms with E-state index in [1.54, 1.807) is 22.3 Å². The van der Waals surface area contributed by atoms with Gasteiger partial charge in [-0.2, -0.15) is 0 Å². The van der Waals surface area contributed by atoms with E-state index in [1.807, 2.05) is 0 Å². The zero-order valence-corrected chi connectivity index (χ0v) is 25.8. The predicted octanol–water partition coefficient (Wildman–Crippen LogP) is 10.5. The predicted molar refractivity (Wildman–Crippen MR) is 168 cm³/mol. The van der Waals surface area contributed by atoms with E-state index in [2.05, 4.69) is 26.0 Å². The van der Waals surface area contributed by atoms with Gasteiger partial charge in [0.25, 0.3) is 0 Å². The van der Waals surface area contributed by atoms with Gasteiger partial charge in [0.15, 0.2) is 0 Å². The summed E-state index contributed by atoms with van der Waals surface area (Å²) < 4.78 is 0. The fourth-order valence-electron chi connectivity index (χ4n) is 5.96. The molecule has 0 spiro atoms. The largest absolute Gasteiger partial charge is 0.396 e. The number of hydrogen-bond acceptors (Lipinski definition) is 2. The van der Waals surface area contributed by atoms with Gasteiger partial charge >= 0.3 is 0 Å². The number of aliphatic hydroxyl groups is 2. The van der Waals surface area contributed by atoms with Crippen LogP contribution in [0, 0.1) is 0 Å². The van der Waals surface area contributed by atoms with Crippen molar-refractivity contribution in [1.29, 1.82) is 0 Å². The van der Waals surface area contributed by atoms with Crippen LogP contribution < -0.4 is 0 Å². The molecule has 1 aromatic rings. The van der Waals surface area contributed by atoms with Crippen LogP contribution in [0.2, 0.25) is 0 Å². The molecule has 2 nitrogen and oxygen atoms in total. The van der Waals surface area contributed by atoms with Crippen molar-refractivity contribution in [2.45, 2.75) is 181 Å². The number of rotatable bonds is 28. The van der Waals surface area contributed by atoms with Crippen molar-refractivity contribution in [3.63, 3.8) is 0 Å². The number of hydrogen-bond donors (Lipinski definition) is 2. The summed E-state index contributed by atoms with van der Waals surface area (Å²) in [5.41, 5.74) is 6.80. The molecule has 0 aromatic heterocycles. The minimum Gasteiger partial charge on any atom is -0.396 e. The Bertz CT molecular complexity index is 638. The zero-order chi connectivity index (χ0) is 27.5. The van der Waals surface area contributed by atoms with E-state index in [0.29, 0.717) is 13.2 Å². The van der Waals surface area contributed by atoms with E-state index >= 15 is 0 Å². The first-order chi connectivity index (χ1) is 18.8. The van der Waals surface area contributed by atoms with Crippen LogP contribution in [-0.4, -0.2) is 23.4 Å². The molecule has 0 amide bonds. The molecule has 0 bridgehead atoms. The van der Waals surface area contributed by atoms with Gasteiger partial charge in [-0.3, -0.25) is 0 Å². The highest BCUT2D eigenvalue weighted by atomic mass is 16.3. The maximum atomic E-state index is 9.06. The number of unbranched alkanes of at least 4 members (excludes halogenated alkanes) is 18. The van der Waals surface area contributed by atoms with Gasteiger partial charge in [0, 0.05) is 13.2 Å². The lowest BCUT2D eigenvalue weighted by molar-refractivity contribution is 0.282. The lowest BCUT2D eigenvalue weighted by Crippen LogP contribution is -2.07. The van der Waals surface area contributed by atoms with Crippen LogP contribution in [0.3, 0.4) is 0 Å². The van der Waals surface area contributed by atoms with Crippen LogP contribution in [0.4, 0.5) is 0 Å². The molecule has 2 N–H and O–H groups in total. The first kappa shape index (κ1) is 35.2. The summed E-state index contributed by atoms with van der Waals surface area (Å²) in [5, 5.41) is 18.1. The second-order valence-electron chi connectivity index (χ2n) is 11.9. The Hall–Kier alpha value is -0.860. The molecule has 0 aliphatic heterocycles. The van der Waals surface area contributed by atoms with Crippen molar-refractivity contribution in [3.05, 3.63) is 34.4 Å². The normalized spacial score (nSPS) is 11.5. The van der Waals surface area contributed by atoms with Gasteiger partial charge in [-0.15, -0.1) is 0 Å². The summed E-state index contributed by atoms with van der Waals surface area (Å²) >= 11 is 0. The first-order valence-corrected chi connectivity index (χ1v) is 17.1. The first-order valence-electron chi connectivity index (χ1n) is 17.1. The van der Waals surface area contributed by atoms with E-state index in [4.69, 9.17) is 10.2 Å². The van der Waals surface area contributed by atoms with Crippen molar-refractivity contribution in [3.8, 4) is 0 Å². The van der Waals surface area contributed by atoms with Gasteiger partial charge in [0.05, 0.1) is 0 Å². The molecular weight excluding hydrogens is 464 g/mol. The van der Waals surface area contributed by atoms with Crippen molar-refractivity contribution in [1.82, 2.24) is 0 Å². The van der Waals surface area contributed by atoms with Gasteiger partial charge < -0.3 is 10.2 Å². The fraction of sp³-hybridized carbons (Fsp3) is 0.833. The molecule has 1 rings (SSSR count). The molecule has 0 saturated carbocycles. The molecule has 0 saturated heterocycles. The van der Waals surface area contributed by atoms with Crippen LogP contribution in [0.5, 0.6) is 0 Å². The van der Waals surface area contributed by atoms with Gasteiger partial charge in [-0.25, -0.2) is 0 Å². The third kappa shape index (κ3) is 17.7. The SMILES string of the molecule is CCCCCCCCc1c(CCCCCC)ccc(CCCCCCCCO)c1CCCCCCCCO. The smallest absolute Gasteiger partial charge is 0.0431 e. The number of benzene rings is 1. The van der Waals surface area contributed by atoms with Crippen molar-refractivity contribution < 1.29 is 10.2 Å². The quantitative estimate of drug-likeness (QED) is 0.106. The summed E-state index contributed by atoms with van der Waals surface area (Å²) in [6, 6.07) is 5.04. The summed E-state index contributed by atoms with van der Waals surface area (Å²) in [6.45, 7) is 5.31. The average molecular weight is 531 g/mol. The Labute approximate surface area is 238 Å². The van der Waals surface area contributed by atoms with Crippen LogP contribution >= 0.6 is 0 Å². The van der Waals surface area contributed by atoms with Crippen molar-refractivity contribution in [2.24, 2.45) is 0 Å². The Kier molecular flexibility index (Phi) is 24.4. The highest BCUT2D eigenvalue weighted by Crippen LogP contribution is 2.28. The Morgan fingerprint density at radius 2 is 0.658 bits per heavy atom. The topological polar surface area (TPSA) is 40.5 Å². The van der Waals surface area contributed by atoms with Crippen LogP contribution in [0.25, 0.3) is 0 Å². The van der Waals surface area contributed by atoms with Crippen LogP contribution in [-0.2, 0) is 25.7 Å². The molecule has 38 heavy (non-hydrogen) atoms. The lowest BCUT2D eigenvalue weighted by Gasteiger charge is -2.20. The van der Waals surface area contributed by atoms with E-state index in [9.17, 15) is 0 Å². The fourth-order valence-corrected chi connectivity index (χ4v) is 5.96. The molecular formula is C36H66O2. The standard InChI is InChI=1S/C36H66O2/c1-3-5-7-9-15-21-27-35-33(25-19-8-6-4-2)29-30-34(26-20-14-10-12-17-23-31-37)36(35)28-22-16-11-13-18-24-32-38/h29-30,37-38H,3-28,31-32H2,1-2H3. The molecule has 0 aliphatic rings. The molecule has 222 valence electrons. The Balaban J connectivity index is 2.88. The summed E-state index contributed by atoms with van der Waals surface area (Å²) in [5.74, 6) is 0. The van der Waals surface area contributed by atoms with Gasteiger partial charge in [0.1, 0.15) is 0 Å². The molecule has 0 atom stereocenters. The van der Waals surface area contributed by atoms with Gasteiger partial charge in [-0.1, -0.05) is 129 Å². The highest BCUT2D eigenvalue weighted by molar-refractivity contribution is 5.42. The second kappa shape index (κ2) is 26.4. The molecule has 0 aliphatic carbocycles. The Morgan fingerprint density at radius 3 is 1.03 bits per heavy atom. The lowest BCUT2D eigenvalue weighted by atomic mass is 9.85. The molecule has 0 unspecified atom stereocenters. The summed E-state index contributed by atoms with van der Waals surface area (Å²) in [4.78, 5) is 0. The number of aryl methyl sites for hydroxylation is 2.